The Morgan fingerprint density at radius 1 is 1.26 bits per heavy atom. The molecular weight excluding hydrogens is 277 g/mol. The second kappa shape index (κ2) is 5.21. The molecule has 1 aromatic rings. The zero-order valence-electron chi connectivity index (χ0n) is 9.93. The van der Waals surface area contributed by atoms with Crippen LogP contribution in [0.1, 0.15) is 35.3 Å². The normalized spacial score (nSPS) is 15.3. The van der Waals surface area contributed by atoms with Crippen molar-refractivity contribution in [3.8, 4) is 6.07 Å². The van der Waals surface area contributed by atoms with Gasteiger partial charge in [0.25, 0.3) is 0 Å². The summed E-state index contributed by atoms with van der Waals surface area (Å²) in [6.45, 7) is 0. The summed E-state index contributed by atoms with van der Waals surface area (Å²) in [4.78, 5) is 11.9. The summed E-state index contributed by atoms with van der Waals surface area (Å²) in [6.07, 6.45) is -0.548. The number of carbonyl (C=O) groups excluding carboxylic acids is 1. The van der Waals surface area contributed by atoms with Crippen LogP contribution in [0.4, 0.5) is 18.2 Å². The highest BCUT2D eigenvalue weighted by Crippen LogP contribution is 2.37. The van der Waals surface area contributed by atoms with Crippen LogP contribution in [0.2, 0.25) is 0 Å². The minimum Gasteiger partial charge on any atom is -0.309 e. The van der Waals surface area contributed by atoms with E-state index in [4.69, 9.17) is 5.26 Å². The molecule has 1 heterocycles. The van der Waals surface area contributed by atoms with Crippen molar-refractivity contribution in [2.45, 2.75) is 38.3 Å². The second-order valence-corrected chi connectivity index (χ2v) is 5.44. The Kier molecular flexibility index (Phi) is 3.80. The molecule has 0 aromatic carbocycles. The highest BCUT2D eigenvalue weighted by Gasteiger charge is 2.39. The molecule has 1 aliphatic carbocycles. The first-order valence-corrected chi connectivity index (χ1v) is 6.68. The molecule has 1 N–H and O–H groups in total. The van der Waals surface area contributed by atoms with Crippen LogP contribution in [0.5, 0.6) is 0 Å². The smallest absolute Gasteiger partial charge is 0.309 e. The molecule has 1 amide bonds. The molecule has 0 aliphatic heterocycles. The van der Waals surface area contributed by atoms with Gasteiger partial charge in [-0.3, -0.25) is 4.79 Å². The number of nitrogens with zero attached hydrogens (tertiary/aromatic N) is 1. The molecule has 0 spiro atoms. The topological polar surface area (TPSA) is 52.9 Å². The van der Waals surface area contributed by atoms with Crippen molar-refractivity contribution in [1.29, 1.82) is 5.26 Å². The molecule has 3 nitrogen and oxygen atoms in total. The van der Waals surface area contributed by atoms with Gasteiger partial charge in [-0.25, -0.2) is 0 Å². The molecule has 0 saturated heterocycles. The van der Waals surface area contributed by atoms with Gasteiger partial charge >= 0.3 is 12.1 Å². The molecule has 1 aromatic heterocycles. The second-order valence-electron chi connectivity index (χ2n) is 4.33. The number of aryl methyl sites for hydroxylation is 1. The number of carbonyl (C=O) groups is 1. The molecule has 2 rings (SSSR count). The van der Waals surface area contributed by atoms with Gasteiger partial charge in [0.05, 0.1) is 5.56 Å². The van der Waals surface area contributed by atoms with Gasteiger partial charge in [0, 0.05) is 4.88 Å². The minimum absolute atomic E-state index is 0.0247. The minimum atomic E-state index is -4.94. The van der Waals surface area contributed by atoms with Gasteiger partial charge in [-0.1, -0.05) is 6.42 Å². The van der Waals surface area contributed by atoms with Crippen molar-refractivity contribution in [2.75, 3.05) is 5.32 Å². The number of anilines is 1. The lowest BCUT2D eigenvalue weighted by Crippen LogP contribution is -2.29. The number of alkyl halides is 3. The van der Waals surface area contributed by atoms with E-state index in [-0.39, 0.29) is 10.6 Å². The Labute approximate surface area is 112 Å². The fourth-order valence-electron chi connectivity index (χ4n) is 2.12. The third-order valence-corrected chi connectivity index (χ3v) is 4.22. The van der Waals surface area contributed by atoms with Gasteiger partial charge in [0.15, 0.2) is 0 Å². The van der Waals surface area contributed by atoms with Gasteiger partial charge in [-0.2, -0.15) is 18.4 Å². The highest BCUT2D eigenvalue weighted by molar-refractivity contribution is 7.16. The number of nitrogens with one attached hydrogen (secondary N) is 1. The van der Waals surface area contributed by atoms with E-state index in [1.54, 1.807) is 0 Å². The molecule has 7 heteroatoms. The fraction of sp³-hybridized carbons (Fsp3) is 0.500. The Morgan fingerprint density at radius 2 is 1.95 bits per heavy atom. The largest absolute Gasteiger partial charge is 0.471 e. The molecule has 19 heavy (non-hydrogen) atoms. The maximum atomic E-state index is 12.2. The molecular formula is C12H11F3N2OS. The average molecular weight is 288 g/mol. The average Bonchev–Trinajstić information content (AvgIpc) is 2.50. The van der Waals surface area contributed by atoms with Crippen LogP contribution in [0.3, 0.4) is 0 Å². The lowest BCUT2D eigenvalue weighted by molar-refractivity contribution is -0.167. The predicted octanol–water partition coefficient (Wildman–Crippen LogP) is 3.39. The first-order chi connectivity index (χ1) is 8.93. The summed E-state index contributed by atoms with van der Waals surface area (Å²) >= 11 is 1.09. The summed E-state index contributed by atoms with van der Waals surface area (Å²) in [5, 5.41) is 10.9. The number of halogens is 3. The SMILES string of the molecule is N#Cc1c(NC(=O)C(F)(F)F)sc2c1CCCCC2. The zero-order chi connectivity index (χ0) is 14.0. The van der Waals surface area contributed by atoms with Gasteiger partial charge < -0.3 is 5.32 Å². The lowest BCUT2D eigenvalue weighted by atomic mass is 10.1. The third-order valence-electron chi connectivity index (χ3n) is 3.02. The first-order valence-electron chi connectivity index (χ1n) is 5.86. The monoisotopic (exact) mass is 288 g/mol. The zero-order valence-corrected chi connectivity index (χ0v) is 10.7. The molecule has 0 radical (unpaired) electrons. The van der Waals surface area contributed by atoms with Gasteiger partial charge in [-0.15, -0.1) is 11.3 Å². The molecule has 0 atom stereocenters. The molecule has 1 aliphatic rings. The predicted molar refractivity (Wildman–Crippen MR) is 65.0 cm³/mol. The Morgan fingerprint density at radius 3 is 2.58 bits per heavy atom. The number of fused-ring (bicyclic) bond motifs is 1. The summed E-state index contributed by atoms with van der Waals surface area (Å²) in [6, 6.07) is 1.92. The van der Waals surface area contributed by atoms with Crippen molar-refractivity contribution in [2.24, 2.45) is 0 Å². The summed E-state index contributed by atoms with van der Waals surface area (Å²) < 4.78 is 36.7. The first kappa shape index (κ1) is 13.9. The highest BCUT2D eigenvalue weighted by atomic mass is 32.1. The van der Waals surface area contributed by atoms with E-state index in [1.165, 1.54) is 0 Å². The van der Waals surface area contributed by atoms with Crippen LogP contribution < -0.4 is 5.32 Å². The summed E-state index contributed by atoms with van der Waals surface area (Å²) in [5.74, 6) is -2.03. The Bertz CT molecular complexity index is 542. The van der Waals surface area contributed by atoms with Crippen LogP contribution in [-0.2, 0) is 17.6 Å². The molecule has 0 unspecified atom stereocenters. The van der Waals surface area contributed by atoms with E-state index >= 15 is 0 Å². The van der Waals surface area contributed by atoms with Gasteiger partial charge in [-0.05, 0) is 31.2 Å². The third kappa shape index (κ3) is 2.89. The maximum Gasteiger partial charge on any atom is 0.471 e. The van der Waals surface area contributed by atoms with E-state index in [1.807, 2.05) is 11.4 Å². The summed E-state index contributed by atoms with van der Waals surface area (Å²) in [7, 11) is 0. The van der Waals surface area contributed by atoms with E-state index in [0.717, 1.165) is 47.5 Å². The van der Waals surface area contributed by atoms with Crippen LogP contribution in [-0.4, -0.2) is 12.1 Å². The number of hydrogen-bond acceptors (Lipinski definition) is 3. The van der Waals surface area contributed by atoms with Crippen molar-refractivity contribution in [3.63, 3.8) is 0 Å². The standard InChI is InChI=1S/C12H11F3N2OS/c13-12(14,15)11(18)17-10-8(6-16)7-4-2-1-3-5-9(7)19-10/h1-5H2,(H,17,18). The fourth-order valence-corrected chi connectivity index (χ4v) is 3.36. The molecule has 102 valence electrons. The van der Waals surface area contributed by atoms with Gasteiger partial charge in [0.1, 0.15) is 11.1 Å². The van der Waals surface area contributed by atoms with Crippen LogP contribution in [0.25, 0.3) is 0 Å². The van der Waals surface area contributed by atoms with Crippen LogP contribution in [0.15, 0.2) is 0 Å². The van der Waals surface area contributed by atoms with Crippen molar-refractivity contribution >= 4 is 22.2 Å². The maximum absolute atomic E-state index is 12.2. The number of thiophene rings is 1. The molecule has 0 saturated carbocycles. The quantitative estimate of drug-likeness (QED) is 0.805. The van der Waals surface area contributed by atoms with E-state index in [2.05, 4.69) is 0 Å². The Balaban J connectivity index is 2.32. The van der Waals surface area contributed by atoms with E-state index in [0.29, 0.717) is 6.42 Å². The molecule has 0 bridgehead atoms. The molecule has 0 fully saturated rings. The van der Waals surface area contributed by atoms with E-state index < -0.39 is 12.1 Å². The Hall–Kier alpha value is -1.55. The number of rotatable bonds is 1. The summed E-state index contributed by atoms with van der Waals surface area (Å²) in [5.41, 5.74) is 1.00. The number of amides is 1. The van der Waals surface area contributed by atoms with Gasteiger partial charge in [0.2, 0.25) is 0 Å². The van der Waals surface area contributed by atoms with Crippen molar-refractivity contribution in [1.82, 2.24) is 0 Å². The van der Waals surface area contributed by atoms with Crippen LogP contribution in [0, 0.1) is 11.3 Å². The number of nitriles is 1. The van der Waals surface area contributed by atoms with Crippen molar-refractivity contribution in [3.05, 3.63) is 16.0 Å². The lowest BCUT2D eigenvalue weighted by Gasteiger charge is -2.06. The van der Waals surface area contributed by atoms with E-state index in [9.17, 15) is 18.0 Å². The number of hydrogen-bond donors (Lipinski definition) is 1. The van der Waals surface area contributed by atoms with Crippen LogP contribution >= 0.6 is 11.3 Å². The van der Waals surface area contributed by atoms with Crippen molar-refractivity contribution < 1.29 is 18.0 Å².